The molecule has 5 rings (SSSR count). The average Bonchev–Trinajstić information content (AvgIpc) is 3.47. The van der Waals surface area contributed by atoms with Crippen LogP contribution in [0.2, 0.25) is 5.02 Å². The first-order valence-corrected chi connectivity index (χ1v) is 15.0. The molecule has 4 aromatic rings. The lowest BCUT2D eigenvalue weighted by Crippen LogP contribution is -2.36. The van der Waals surface area contributed by atoms with Gasteiger partial charge in [0.1, 0.15) is 23.0 Å². The Morgan fingerprint density at radius 1 is 0.900 bits per heavy atom. The van der Waals surface area contributed by atoms with Crippen LogP contribution >= 0.6 is 11.6 Å². The lowest BCUT2D eigenvalue weighted by molar-refractivity contribution is -0.193. The number of carboxylic acids is 2. The van der Waals surface area contributed by atoms with Crippen molar-refractivity contribution in [2.24, 2.45) is 0 Å². The summed E-state index contributed by atoms with van der Waals surface area (Å²) < 4.78 is 89.7. The van der Waals surface area contributed by atoms with Gasteiger partial charge in [-0.25, -0.2) is 19.0 Å². The zero-order valence-corrected chi connectivity index (χ0v) is 27.2. The quantitative estimate of drug-likeness (QED) is 0.135. The number of ether oxygens (including phenoxy) is 2. The van der Waals surface area contributed by atoms with Gasteiger partial charge in [-0.3, -0.25) is 0 Å². The number of rotatable bonds is 8. The normalized spacial score (nSPS) is 16.0. The van der Waals surface area contributed by atoms with Crippen molar-refractivity contribution in [3.05, 3.63) is 77.3 Å². The highest BCUT2D eigenvalue weighted by Crippen LogP contribution is 2.38. The van der Waals surface area contributed by atoms with Gasteiger partial charge in [-0.2, -0.15) is 26.3 Å². The highest BCUT2D eigenvalue weighted by atomic mass is 35.5. The molecular formula is C32H32ClF7N4O6. The average molecular weight is 737 g/mol. The molecule has 2 heterocycles. The molecule has 1 saturated carbocycles. The number of aliphatic carboxylic acids is 2. The summed E-state index contributed by atoms with van der Waals surface area (Å²) in [6.45, 7) is 0.698. The number of hydrogen-bond acceptors (Lipinski definition) is 7. The number of hydrogen-bond donors (Lipinski definition) is 4. The maximum atomic E-state index is 13.4. The number of halogens is 8. The number of pyridine rings is 1. The van der Waals surface area contributed by atoms with Gasteiger partial charge in [0.25, 0.3) is 0 Å². The molecule has 1 aliphatic carbocycles. The van der Waals surface area contributed by atoms with Crippen LogP contribution < -0.4 is 20.1 Å². The zero-order chi connectivity index (χ0) is 37.2. The van der Waals surface area contributed by atoms with E-state index in [2.05, 4.69) is 22.8 Å². The molecule has 4 N–H and O–H groups in total. The number of anilines is 1. The van der Waals surface area contributed by atoms with Crippen molar-refractivity contribution in [3.8, 4) is 22.8 Å². The first kappa shape index (κ1) is 39.7. The minimum absolute atomic E-state index is 0.185. The molecule has 0 atom stereocenters. The minimum atomic E-state index is -5.08. The van der Waals surface area contributed by atoms with Crippen LogP contribution in [0.15, 0.2) is 60.9 Å². The lowest BCUT2D eigenvalue weighted by atomic mass is 9.91. The summed E-state index contributed by atoms with van der Waals surface area (Å²) >= 11 is 6.36. The first-order chi connectivity index (χ1) is 23.4. The number of methoxy groups -OCH3 is 2. The Hall–Kier alpha value is -4.77. The maximum absolute atomic E-state index is 13.4. The fourth-order valence-electron chi connectivity index (χ4n) is 4.85. The molecule has 50 heavy (non-hydrogen) atoms. The standard InChI is InChI=1S/C28H30ClFN4O2.2C2HF3O2/c1-35-26-15-27(36-2)24(29)14-23(26)25-17-34-11-10-22(13-28(34)33-25)32-21-8-6-20(7-9-21)31-16-18-4-3-5-19(30)12-18;2*3-2(4,5)1(6)7/h3-5,10-15,17,20-21,31-32H,6-9,16H2,1-2H3;2*(H,6,7)/t20-,21+;;. The second kappa shape index (κ2) is 17.2. The highest BCUT2D eigenvalue weighted by Gasteiger charge is 2.39. The van der Waals surface area contributed by atoms with E-state index < -0.39 is 24.3 Å². The van der Waals surface area contributed by atoms with E-state index in [0.717, 1.165) is 53.8 Å². The van der Waals surface area contributed by atoms with E-state index in [1.807, 2.05) is 28.9 Å². The number of fused-ring (bicyclic) bond motifs is 1. The van der Waals surface area contributed by atoms with Crippen molar-refractivity contribution in [3.63, 3.8) is 0 Å². The number of nitrogens with zero attached hydrogens (tertiary/aromatic N) is 2. The molecule has 0 bridgehead atoms. The summed E-state index contributed by atoms with van der Waals surface area (Å²) in [6, 6.07) is 15.4. The molecule has 1 fully saturated rings. The highest BCUT2D eigenvalue weighted by molar-refractivity contribution is 6.32. The Morgan fingerprint density at radius 2 is 1.48 bits per heavy atom. The van der Waals surface area contributed by atoms with Crippen molar-refractivity contribution in [1.82, 2.24) is 14.7 Å². The monoisotopic (exact) mass is 736 g/mol. The lowest BCUT2D eigenvalue weighted by Gasteiger charge is -2.30. The largest absolute Gasteiger partial charge is 0.496 e. The molecule has 0 radical (unpaired) electrons. The summed E-state index contributed by atoms with van der Waals surface area (Å²) in [6.07, 6.45) is -1.87. The Kier molecular flexibility index (Phi) is 13.7. The molecule has 1 aliphatic rings. The number of nitrogens with one attached hydrogen (secondary N) is 2. The molecular weight excluding hydrogens is 705 g/mol. The Balaban J connectivity index is 0.000000408. The molecule has 0 amide bonds. The number of imidazole rings is 1. The van der Waals surface area contributed by atoms with Crippen LogP contribution in [0.3, 0.4) is 0 Å². The topological polar surface area (TPSA) is 134 Å². The third kappa shape index (κ3) is 11.7. The number of carbonyl (C=O) groups is 2. The van der Waals surface area contributed by atoms with Crippen molar-refractivity contribution in [2.75, 3.05) is 19.5 Å². The number of benzene rings is 2. The number of carboxylic acid groups (broad SMARTS) is 2. The fraction of sp³-hybridized carbons (Fsp3) is 0.344. The van der Waals surface area contributed by atoms with Crippen molar-refractivity contribution >= 4 is 34.9 Å². The SMILES string of the molecule is COc1cc(OC)c(-c2cn3ccc(N[C@H]4CC[C@@H](NCc5cccc(F)c5)CC4)cc3n2)cc1Cl.O=C(O)C(F)(F)F.O=C(O)C(F)(F)F. The van der Waals surface area contributed by atoms with Gasteiger partial charge in [-0.1, -0.05) is 23.7 Å². The van der Waals surface area contributed by atoms with E-state index in [1.165, 1.54) is 6.07 Å². The fourth-order valence-corrected chi connectivity index (χ4v) is 5.09. The van der Waals surface area contributed by atoms with Gasteiger partial charge in [0.05, 0.1) is 24.9 Å². The van der Waals surface area contributed by atoms with Crippen LogP contribution in [0.4, 0.5) is 36.4 Å². The molecule has 0 aliphatic heterocycles. The number of aromatic nitrogens is 2. The van der Waals surface area contributed by atoms with Gasteiger partial charge in [0.15, 0.2) is 0 Å². The number of alkyl halides is 6. The molecule has 0 unspecified atom stereocenters. The van der Waals surface area contributed by atoms with Gasteiger partial charge in [0.2, 0.25) is 0 Å². The van der Waals surface area contributed by atoms with Crippen LogP contribution in [-0.4, -0.2) is 70.2 Å². The van der Waals surface area contributed by atoms with Gasteiger partial charge < -0.3 is 34.7 Å². The van der Waals surface area contributed by atoms with Gasteiger partial charge in [0, 0.05) is 54.4 Å². The van der Waals surface area contributed by atoms with Crippen LogP contribution in [0.25, 0.3) is 16.9 Å². The van der Waals surface area contributed by atoms with E-state index in [0.29, 0.717) is 35.2 Å². The van der Waals surface area contributed by atoms with Crippen molar-refractivity contribution < 1.29 is 60.0 Å². The molecule has 0 saturated heterocycles. The van der Waals surface area contributed by atoms with Gasteiger partial charge in [-0.05, 0) is 55.5 Å². The summed E-state index contributed by atoms with van der Waals surface area (Å²) in [7, 11) is 3.20. The van der Waals surface area contributed by atoms with E-state index in [9.17, 15) is 30.7 Å². The van der Waals surface area contributed by atoms with Crippen LogP contribution in [-0.2, 0) is 16.1 Å². The van der Waals surface area contributed by atoms with Crippen LogP contribution in [0.1, 0.15) is 31.2 Å². The molecule has 2 aromatic heterocycles. The van der Waals surface area contributed by atoms with Crippen LogP contribution in [0, 0.1) is 5.82 Å². The van der Waals surface area contributed by atoms with Gasteiger partial charge in [-0.15, -0.1) is 0 Å². The molecule has 0 spiro atoms. The third-order valence-corrected chi connectivity index (χ3v) is 7.57. The predicted octanol–water partition coefficient (Wildman–Crippen LogP) is 7.59. The summed E-state index contributed by atoms with van der Waals surface area (Å²) in [5.74, 6) is -4.48. The molecule has 10 nitrogen and oxygen atoms in total. The Morgan fingerprint density at radius 3 is 2.02 bits per heavy atom. The van der Waals surface area contributed by atoms with Crippen molar-refractivity contribution in [1.29, 1.82) is 0 Å². The second-order valence-corrected chi connectivity index (χ2v) is 11.2. The Labute approximate surface area is 285 Å². The smallest absolute Gasteiger partial charge is 0.490 e. The van der Waals surface area contributed by atoms with Gasteiger partial charge >= 0.3 is 24.3 Å². The molecule has 272 valence electrons. The molecule has 2 aromatic carbocycles. The predicted molar refractivity (Wildman–Crippen MR) is 169 cm³/mol. The second-order valence-electron chi connectivity index (χ2n) is 10.8. The maximum Gasteiger partial charge on any atom is 0.490 e. The summed E-state index contributed by atoms with van der Waals surface area (Å²) in [4.78, 5) is 22.6. The summed E-state index contributed by atoms with van der Waals surface area (Å²) in [5, 5.41) is 22.0. The Bertz CT molecular complexity index is 1740. The van der Waals surface area contributed by atoms with E-state index in [-0.39, 0.29) is 5.82 Å². The van der Waals surface area contributed by atoms with E-state index in [1.54, 1.807) is 32.4 Å². The summed E-state index contributed by atoms with van der Waals surface area (Å²) in [5.41, 5.74) is 4.46. The van der Waals surface area contributed by atoms with Crippen molar-refractivity contribution in [2.45, 2.75) is 56.7 Å². The van der Waals surface area contributed by atoms with Crippen LogP contribution in [0.5, 0.6) is 11.5 Å². The third-order valence-electron chi connectivity index (χ3n) is 7.28. The first-order valence-electron chi connectivity index (χ1n) is 14.7. The molecule has 18 heteroatoms. The minimum Gasteiger partial charge on any atom is -0.496 e. The van der Waals surface area contributed by atoms with E-state index in [4.69, 9.17) is 45.9 Å². The zero-order valence-electron chi connectivity index (χ0n) is 26.4. The van der Waals surface area contributed by atoms with E-state index >= 15 is 0 Å².